The van der Waals surface area contributed by atoms with Crippen LogP contribution in [0, 0.1) is 0 Å². The molecular weight excluding hydrogens is 198 g/mol. The summed E-state index contributed by atoms with van der Waals surface area (Å²) >= 11 is 0. The summed E-state index contributed by atoms with van der Waals surface area (Å²) in [5.74, 6) is -0.706. The van der Waals surface area contributed by atoms with Crippen LogP contribution in [0.25, 0.3) is 0 Å². The van der Waals surface area contributed by atoms with E-state index in [1.165, 1.54) is 14.1 Å². The first-order chi connectivity index (χ1) is 6.97. The highest BCUT2D eigenvalue weighted by Gasteiger charge is 2.37. The third-order valence-corrected chi connectivity index (χ3v) is 2.47. The maximum absolute atomic E-state index is 11.5. The molecule has 1 aliphatic heterocycles. The number of hydrogen-bond acceptors (Lipinski definition) is 4. The molecule has 0 aromatic carbocycles. The first kappa shape index (κ1) is 11.6. The maximum atomic E-state index is 11.5. The molecule has 1 heterocycles. The number of amides is 3. The number of imide groups is 1. The first-order valence-electron chi connectivity index (χ1n) is 4.75. The van der Waals surface area contributed by atoms with Crippen LogP contribution < -0.4 is 10.6 Å². The average Bonchev–Trinajstić information content (AvgIpc) is 2.45. The Hall–Kier alpha value is -1.43. The fraction of sp³-hybridized carbons (Fsp3) is 0.667. The molecule has 1 rings (SSSR count). The van der Waals surface area contributed by atoms with Gasteiger partial charge in [0.25, 0.3) is 0 Å². The Labute approximate surface area is 88.0 Å². The van der Waals surface area contributed by atoms with Crippen LogP contribution in [0.3, 0.4) is 0 Å². The minimum absolute atomic E-state index is 0.122. The Morgan fingerprint density at radius 1 is 1.53 bits per heavy atom. The van der Waals surface area contributed by atoms with Crippen LogP contribution >= 0.6 is 0 Å². The summed E-state index contributed by atoms with van der Waals surface area (Å²) < 4.78 is 0. The van der Waals surface area contributed by atoms with Gasteiger partial charge < -0.3 is 5.32 Å². The van der Waals surface area contributed by atoms with Crippen LogP contribution in [0.15, 0.2) is 0 Å². The van der Waals surface area contributed by atoms with Gasteiger partial charge >= 0.3 is 0 Å². The van der Waals surface area contributed by atoms with Gasteiger partial charge in [0.15, 0.2) is 0 Å². The number of carbonyl (C=O) groups excluding carboxylic acids is 3. The van der Waals surface area contributed by atoms with Gasteiger partial charge in [0.1, 0.15) is 0 Å². The Morgan fingerprint density at radius 2 is 2.13 bits per heavy atom. The van der Waals surface area contributed by atoms with Gasteiger partial charge in [-0.3, -0.25) is 24.6 Å². The highest BCUT2D eigenvalue weighted by Crippen LogP contribution is 2.10. The summed E-state index contributed by atoms with van der Waals surface area (Å²) in [4.78, 5) is 34.9. The molecule has 1 fully saturated rings. The number of nitrogens with one attached hydrogen (secondary N) is 2. The van der Waals surface area contributed by atoms with Gasteiger partial charge in [-0.2, -0.15) is 0 Å². The molecule has 0 saturated carbocycles. The maximum Gasteiger partial charge on any atom is 0.246 e. The van der Waals surface area contributed by atoms with E-state index >= 15 is 0 Å². The van der Waals surface area contributed by atoms with Crippen molar-refractivity contribution in [3.8, 4) is 0 Å². The van der Waals surface area contributed by atoms with E-state index in [9.17, 15) is 14.4 Å². The number of nitrogens with zero attached hydrogens (tertiary/aromatic N) is 1. The Kier molecular flexibility index (Phi) is 3.41. The summed E-state index contributed by atoms with van der Waals surface area (Å²) in [6, 6.07) is -1.06. The Bertz CT molecular complexity index is 303. The number of carbonyl (C=O) groups is 3. The second kappa shape index (κ2) is 4.39. The predicted octanol–water partition coefficient (Wildman–Crippen LogP) is -1.53. The standard InChI is InChI=1S/C9H15N3O3/c1-5(8(14)10-2)11-6-4-7(13)12(3)9(6)15/h5-6,11H,4H2,1-3H3,(H,10,14). The van der Waals surface area contributed by atoms with Crippen molar-refractivity contribution in [2.24, 2.45) is 0 Å². The van der Waals surface area contributed by atoms with Crippen molar-refractivity contribution in [2.75, 3.05) is 14.1 Å². The largest absolute Gasteiger partial charge is 0.358 e. The second-order valence-corrected chi connectivity index (χ2v) is 3.55. The monoisotopic (exact) mass is 213 g/mol. The summed E-state index contributed by atoms with van der Waals surface area (Å²) in [6.07, 6.45) is 0.122. The molecule has 6 nitrogen and oxygen atoms in total. The van der Waals surface area contributed by atoms with Gasteiger partial charge in [-0.15, -0.1) is 0 Å². The lowest BCUT2D eigenvalue weighted by molar-refractivity contribution is -0.137. The van der Waals surface area contributed by atoms with Gasteiger partial charge in [-0.1, -0.05) is 0 Å². The van der Waals surface area contributed by atoms with Crippen molar-refractivity contribution in [3.05, 3.63) is 0 Å². The van der Waals surface area contributed by atoms with Crippen molar-refractivity contribution < 1.29 is 14.4 Å². The van der Waals surface area contributed by atoms with E-state index in [2.05, 4.69) is 10.6 Å². The van der Waals surface area contributed by atoms with Crippen LogP contribution in [0.1, 0.15) is 13.3 Å². The zero-order chi connectivity index (χ0) is 11.6. The van der Waals surface area contributed by atoms with E-state index in [4.69, 9.17) is 0 Å². The molecule has 0 bridgehead atoms. The van der Waals surface area contributed by atoms with Crippen LogP contribution in [-0.2, 0) is 14.4 Å². The molecule has 2 atom stereocenters. The Balaban J connectivity index is 2.57. The first-order valence-corrected chi connectivity index (χ1v) is 4.75. The molecule has 6 heteroatoms. The van der Waals surface area contributed by atoms with Gasteiger partial charge in [0, 0.05) is 14.1 Å². The van der Waals surface area contributed by atoms with E-state index in [0.29, 0.717) is 0 Å². The molecule has 0 spiro atoms. The van der Waals surface area contributed by atoms with Crippen molar-refractivity contribution in [1.29, 1.82) is 0 Å². The lowest BCUT2D eigenvalue weighted by Gasteiger charge is -2.16. The molecular formula is C9H15N3O3. The zero-order valence-corrected chi connectivity index (χ0v) is 9.03. The lowest BCUT2D eigenvalue weighted by Crippen LogP contribution is -2.48. The van der Waals surface area contributed by atoms with E-state index in [0.717, 1.165) is 4.90 Å². The smallest absolute Gasteiger partial charge is 0.246 e. The summed E-state index contributed by atoms with van der Waals surface area (Å²) in [7, 11) is 2.96. The molecule has 84 valence electrons. The third-order valence-electron chi connectivity index (χ3n) is 2.47. The fourth-order valence-electron chi connectivity index (χ4n) is 1.48. The lowest BCUT2D eigenvalue weighted by atomic mass is 10.2. The van der Waals surface area contributed by atoms with Crippen molar-refractivity contribution in [3.63, 3.8) is 0 Å². The average molecular weight is 213 g/mol. The molecule has 1 aliphatic rings. The molecule has 1 saturated heterocycles. The highest BCUT2D eigenvalue weighted by molar-refractivity contribution is 6.05. The van der Waals surface area contributed by atoms with Gasteiger partial charge in [-0.25, -0.2) is 0 Å². The van der Waals surface area contributed by atoms with E-state index in [1.54, 1.807) is 6.92 Å². The van der Waals surface area contributed by atoms with E-state index < -0.39 is 12.1 Å². The molecule has 0 aromatic heterocycles. The third kappa shape index (κ3) is 2.33. The SMILES string of the molecule is CNC(=O)C(C)NC1CC(=O)N(C)C1=O. The van der Waals surface area contributed by atoms with Crippen LogP contribution in [-0.4, -0.2) is 48.8 Å². The molecule has 0 aromatic rings. The fourth-order valence-corrected chi connectivity index (χ4v) is 1.48. The highest BCUT2D eigenvalue weighted by atomic mass is 16.2. The van der Waals surface area contributed by atoms with E-state index in [1.807, 2.05) is 0 Å². The molecule has 2 unspecified atom stereocenters. The van der Waals surface area contributed by atoms with Gasteiger partial charge in [-0.05, 0) is 6.92 Å². The number of rotatable bonds is 3. The zero-order valence-electron chi connectivity index (χ0n) is 9.03. The van der Waals surface area contributed by atoms with Gasteiger partial charge in [0.05, 0.1) is 18.5 Å². The van der Waals surface area contributed by atoms with Crippen molar-refractivity contribution in [1.82, 2.24) is 15.5 Å². The number of likely N-dealkylation sites (N-methyl/N-ethyl adjacent to an activating group) is 2. The summed E-state index contributed by atoms with van der Waals surface area (Å²) in [5, 5.41) is 5.28. The number of likely N-dealkylation sites (tertiary alicyclic amines) is 1. The minimum Gasteiger partial charge on any atom is -0.358 e. The quantitative estimate of drug-likeness (QED) is 0.557. The summed E-state index contributed by atoms with van der Waals surface area (Å²) in [5.41, 5.74) is 0. The molecule has 15 heavy (non-hydrogen) atoms. The van der Waals surface area contributed by atoms with Crippen LogP contribution in [0.2, 0.25) is 0 Å². The second-order valence-electron chi connectivity index (χ2n) is 3.55. The molecule has 0 radical (unpaired) electrons. The molecule has 3 amide bonds. The van der Waals surface area contributed by atoms with Gasteiger partial charge in [0.2, 0.25) is 17.7 Å². The number of hydrogen-bond donors (Lipinski definition) is 2. The van der Waals surface area contributed by atoms with Crippen molar-refractivity contribution in [2.45, 2.75) is 25.4 Å². The van der Waals surface area contributed by atoms with Crippen molar-refractivity contribution >= 4 is 17.7 Å². The molecule has 2 N–H and O–H groups in total. The summed E-state index contributed by atoms with van der Waals surface area (Å²) in [6.45, 7) is 1.65. The normalized spacial score (nSPS) is 23.1. The van der Waals surface area contributed by atoms with E-state index in [-0.39, 0.29) is 24.1 Å². The van der Waals surface area contributed by atoms with Crippen LogP contribution in [0.5, 0.6) is 0 Å². The Morgan fingerprint density at radius 3 is 2.53 bits per heavy atom. The topological polar surface area (TPSA) is 78.5 Å². The predicted molar refractivity (Wildman–Crippen MR) is 52.8 cm³/mol. The molecule has 0 aliphatic carbocycles. The van der Waals surface area contributed by atoms with Crippen LogP contribution in [0.4, 0.5) is 0 Å². The minimum atomic E-state index is -0.574.